The number of carbonyl (C=O) groups excluding carboxylic acids is 3. The Kier molecular flexibility index (Phi) is 56.5. The minimum atomic E-state index is -3.85. The number of nitrogens with zero attached hydrogens (tertiary/aromatic N) is 1. The van der Waals surface area contributed by atoms with E-state index < -0.39 is 49.1 Å². The second-order valence-corrected chi connectivity index (χ2v) is 44.4. The van der Waals surface area contributed by atoms with Crippen molar-refractivity contribution in [2.45, 2.75) is 231 Å². The smallest absolute Gasteiger partial charge is 0.475 e. The molecule has 7 atom stereocenters. The van der Waals surface area contributed by atoms with Gasteiger partial charge in [-0.2, -0.15) is 11.8 Å². The molecular weight excluding hydrogens is 1870 g/mol. The van der Waals surface area contributed by atoms with E-state index in [1.807, 2.05) is 165 Å². The molecule has 2 saturated heterocycles. The zero-order valence-electron chi connectivity index (χ0n) is 84.4. The Balaban J connectivity index is 0.000000359. The molecule has 0 aliphatic carbocycles. The van der Waals surface area contributed by atoms with Crippen LogP contribution in [0.25, 0.3) is 0 Å². The van der Waals surface area contributed by atoms with Crippen LogP contribution in [0.15, 0.2) is 164 Å². The molecule has 0 aromatic heterocycles. The van der Waals surface area contributed by atoms with Crippen molar-refractivity contribution in [3.63, 3.8) is 0 Å². The van der Waals surface area contributed by atoms with E-state index in [-0.39, 0.29) is 80.3 Å². The number of amides is 3. The van der Waals surface area contributed by atoms with E-state index in [1.54, 1.807) is 42.1 Å². The third kappa shape index (κ3) is 44.9. The molecule has 6 aromatic rings. The van der Waals surface area contributed by atoms with E-state index in [4.69, 9.17) is 116 Å². The van der Waals surface area contributed by atoms with E-state index in [9.17, 15) is 18.9 Å². The van der Waals surface area contributed by atoms with E-state index in [0.29, 0.717) is 131 Å². The topological polar surface area (TPSA) is 301 Å². The van der Waals surface area contributed by atoms with Crippen LogP contribution in [-0.4, -0.2) is 249 Å². The molecule has 770 valence electrons. The van der Waals surface area contributed by atoms with Crippen molar-refractivity contribution in [2.75, 3.05) is 179 Å². The number of ether oxygens (including phenoxy) is 12. The van der Waals surface area contributed by atoms with Gasteiger partial charge in [0.2, 0.25) is 5.91 Å². The van der Waals surface area contributed by atoms with Gasteiger partial charge in [-0.3, -0.25) is 28.5 Å². The van der Waals surface area contributed by atoms with Crippen LogP contribution in [0.5, 0.6) is 17.2 Å². The highest BCUT2D eigenvalue weighted by Gasteiger charge is 2.57. The summed E-state index contributed by atoms with van der Waals surface area (Å²) in [5.74, 6) is 2.76. The van der Waals surface area contributed by atoms with Crippen molar-refractivity contribution >= 4 is 74.5 Å². The number of carbonyl (C=O) groups is 3. The molecule has 2 aliphatic rings. The number of phosphoric acid groups is 1. The summed E-state index contributed by atoms with van der Waals surface area (Å²) in [5.41, 5.74) is 3.25. The molecule has 7 unspecified atom stereocenters. The van der Waals surface area contributed by atoms with Gasteiger partial charge in [-0.1, -0.05) is 134 Å². The molecule has 0 bridgehead atoms. The number of phosphoric ester groups is 1. The third-order valence-electron chi connectivity index (χ3n) is 20.9. The molecule has 8 rings (SSSR count). The normalized spacial score (nSPS) is 16.2. The minimum Gasteiger partial charge on any atom is -0.497 e. The molecule has 3 amide bonds. The van der Waals surface area contributed by atoms with Crippen LogP contribution >= 0.6 is 33.0 Å². The maximum Gasteiger partial charge on any atom is 0.475 e. The van der Waals surface area contributed by atoms with Gasteiger partial charge in [0.25, 0.3) is 0 Å². The Labute approximate surface area is 832 Å². The van der Waals surface area contributed by atoms with Gasteiger partial charge in [0.15, 0.2) is 0 Å². The highest BCUT2D eigenvalue weighted by molar-refractivity contribution is 8.08. The predicted octanol–water partition coefficient (Wildman–Crippen LogP) is 20.5. The van der Waals surface area contributed by atoms with Crippen molar-refractivity contribution < 1.29 is 117 Å². The number of thioether (sulfide) groups is 1. The molecule has 29 nitrogen and oxygen atoms in total. The van der Waals surface area contributed by atoms with Crippen molar-refractivity contribution in [1.29, 1.82) is 0 Å². The van der Waals surface area contributed by atoms with Gasteiger partial charge in [-0.05, 0) is 254 Å². The van der Waals surface area contributed by atoms with Crippen LogP contribution < -0.4 is 30.2 Å². The number of nitrogens with one attached hydrogen (secondary N) is 3. The summed E-state index contributed by atoms with van der Waals surface area (Å²) in [6.07, 6.45) is 8.19. The highest BCUT2D eigenvalue weighted by Crippen LogP contribution is 2.57. The van der Waals surface area contributed by atoms with Crippen LogP contribution in [0.3, 0.4) is 0 Å². The lowest BCUT2D eigenvalue weighted by molar-refractivity contribution is -0.141. The summed E-state index contributed by atoms with van der Waals surface area (Å²) in [5, 5.41) is 10.5. The number of rotatable bonds is 68. The zero-order chi connectivity index (χ0) is 99.9. The van der Waals surface area contributed by atoms with Gasteiger partial charge >= 0.3 is 33.3 Å². The van der Waals surface area contributed by atoms with Crippen LogP contribution in [0, 0.1) is 0 Å². The van der Waals surface area contributed by atoms with E-state index in [1.165, 1.54) is 18.2 Å². The fourth-order valence-corrected chi connectivity index (χ4v) is 24.2. The molecule has 2 aliphatic heterocycles. The summed E-state index contributed by atoms with van der Waals surface area (Å²) in [4.78, 5) is 40.7. The maximum absolute atomic E-state index is 14.4. The van der Waals surface area contributed by atoms with Crippen LogP contribution in [0.4, 0.5) is 4.79 Å². The molecule has 137 heavy (non-hydrogen) atoms. The number of methoxy groups -OCH3 is 4. The maximum atomic E-state index is 14.4. The van der Waals surface area contributed by atoms with E-state index in [0.717, 1.165) is 103 Å². The second-order valence-electron chi connectivity index (χ2n) is 35.8. The molecule has 3 N–H and O–H groups in total. The van der Waals surface area contributed by atoms with Crippen molar-refractivity contribution in [1.82, 2.24) is 20.9 Å². The summed E-state index contributed by atoms with van der Waals surface area (Å²) in [6, 6.07) is 55.4. The quantitative estimate of drug-likeness (QED) is 0.0105. The number of fused-ring (bicyclic) bond motifs is 1. The molecule has 0 radical (unpaired) electrons. The first-order valence-electron chi connectivity index (χ1n) is 48.0. The van der Waals surface area contributed by atoms with Crippen LogP contribution in [0.1, 0.15) is 207 Å². The number of hydrogen-bond donors (Lipinski definition) is 3. The Hall–Kier alpha value is -5.91. The lowest BCUT2D eigenvalue weighted by Crippen LogP contribution is -2.53. The number of urea groups is 1. The molecule has 35 heteroatoms. The Morgan fingerprint density at radius 2 is 0.839 bits per heavy atom. The first-order valence-corrected chi connectivity index (χ1v) is 55.6. The van der Waals surface area contributed by atoms with Crippen molar-refractivity contribution in [3.05, 3.63) is 197 Å². The lowest BCUT2D eigenvalue weighted by atomic mass is 9.74. The number of esters is 1. The van der Waals surface area contributed by atoms with Crippen LogP contribution in [-0.2, 0) is 132 Å². The molecular formula is C102H159N4O25P3S3. The molecule has 2 fully saturated rings. The second kappa shape index (κ2) is 64.7. The largest absolute Gasteiger partial charge is 0.497 e. The average molecular weight is 2030 g/mol. The monoisotopic (exact) mass is 2030 g/mol. The van der Waals surface area contributed by atoms with Crippen LogP contribution in [0.2, 0.25) is 0 Å². The first-order chi connectivity index (χ1) is 65.6. The lowest BCUT2D eigenvalue weighted by Gasteiger charge is -2.45. The fourth-order valence-electron chi connectivity index (χ4n) is 15.0. The number of unbranched alkanes of at least 4 members (excludes halogenated alkanes) is 4. The standard InChI is InChI=1S/C52H78N3O13PS.C32H44NO4PS.C18H37O8PS/c1-7-28-61-30-31-62-32-33-63-34-35-64-36-37-65-38-39-67-69(58,68-51(2,3)4)66-29-13-9-12-27-53-48(56)18-14-17-47-49-46(40-70-47)55(50(57)54-49)52(41-15-10-8-11-16-41,42-19-23-44(59-5)24-20-42)43-21-25-45(60-6)26-22-43;1-26(2)36-38(39,37-31(3,4)5)35-25-15-9-14-24-33-32(27-16-10-7-11-17-27,28-18-12-8-13-19-28)29-20-22-30(34-6)23-21-29;1-7-21-10-11-22-12-13-23-14-15-24-27(28,26-18(3,4)5)25-16(2)8-9-17(19)20-6/h8,10-11,15-16,19-26,46-47,49H,7,9,12-14,17-18,27-40H2,1-6H3,(H,53,56)(H,54,57);7-8,10-13,16-23,26,33H,9,14-15,24-25H2,1-6H3;16H,7-15H2,1-6H3. The molecule has 0 saturated carbocycles. The van der Waals surface area contributed by atoms with Gasteiger partial charge in [-0.15, -0.1) is 0 Å². The predicted molar refractivity (Wildman–Crippen MR) is 548 cm³/mol. The summed E-state index contributed by atoms with van der Waals surface area (Å²) in [6.45, 7) is 31.1. The van der Waals surface area contributed by atoms with Crippen molar-refractivity contribution in [2.24, 2.45) is 0 Å². The van der Waals surface area contributed by atoms with Gasteiger partial charge in [0.1, 0.15) is 22.8 Å². The SMILES string of the molecule is CCCOCCOCCOCCOCCOCCOP(=O)(OCCCCCNC(=O)CCCC1SCC2C1NC(=O)N2C(c1ccccc1)(c1ccc(OC)cc1)c1ccc(OC)cc1)OC(C)(C)C.CCOCCOCCOCCOP(=S)(OC(C)CCC(=O)OC)OC(C)(C)C.COc1ccc(C(NCCCCCOP(=S)(OC(C)C)OC(C)(C)C)(c2ccccc2)c2ccccc2)cc1. The third-order valence-corrected chi connectivity index (χ3v) is 29.6. The zero-order valence-corrected chi connectivity index (χ0v) is 89.6. The molecule has 6 aromatic carbocycles. The summed E-state index contributed by atoms with van der Waals surface area (Å²) >= 11 is 13.1. The molecule has 2 heterocycles. The molecule has 0 spiro atoms. The van der Waals surface area contributed by atoms with E-state index in [2.05, 4.69) is 113 Å². The number of hydrogen-bond acceptors (Lipinski definition) is 29. The minimum absolute atomic E-state index is 0.00423. The van der Waals surface area contributed by atoms with Gasteiger partial charge in [0, 0.05) is 43.6 Å². The van der Waals surface area contributed by atoms with Crippen molar-refractivity contribution in [3.8, 4) is 17.2 Å². The summed E-state index contributed by atoms with van der Waals surface area (Å²) in [7, 11) is 2.50. The summed E-state index contributed by atoms with van der Waals surface area (Å²) < 4.78 is 131. The Bertz CT molecular complexity index is 4330. The fraction of sp³-hybridized carbons (Fsp3) is 0.618. The first kappa shape index (κ1) is 120. The van der Waals surface area contributed by atoms with E-state index >= 15 is 0 Å². The van der Waals surface area contributed by atoms with Gasteiger partial charge < -0.3 is 99.5 Å². The van der Waals surface area contributed by atoms with Gasteiger partial charge in [-0.25, -0.2) is 9.36 Å². The number of benzene rings is 6. The average Bonchev–Trinajstić information content (AvgIpc) is 1.55. The van der Waals surface area contributed by atoms with Gasteiger partial charge in [0.05, 0.1) is 194 Å². The Morgan fingerprint density at radius 1 is 0.453 bits per heavy atom. The Morgan fingerprint density at radius 3 is 1.28 bits per heavy atom. The highest BCUT2D eigenvalue weighted by atomic mass is 32.5.